The summed E-state index contributed by atoms with van der Waals surface area (Å²) >= 11 is 0. The topological polar surface area (TPSA) is 55.1 Å². The average Bonchev–Trinajstić information content (AvgIpc) is 2.73. The maximum absolute atomic E-state index is 11.1. The summed E-state index contributed by atoms with van der Waals surface area (Å²) in [5.74, 6) is -0.946. The van der Waals surface area contributed by atoms with Crippen molar-refractivity contribution in [3.8, 4) is 11.3 Å². The van der Waals surface area contributed by atoms with Crippen molar-refractivity contribution in [2.45, 2.75) is 13.5 Å². The molecule has 0 aliphatic rings. The zero-order chi connectivity index (χ0) is 11.5. The largest absolute Gasteiger partial charge is 0.478 e. The van der Waals surface area contributed by atoms with Crippen molar-refractivity contribution in [1.29, 1.82) is 0 Å². The number of aryl methyl sites for hydroxylation is 1. The minimum absolute atomic E-state index is 0.244. The van der Waals surface area contributed by atoms with Crippen molar-refractivity contribution in [3.05, 3.63) is 42.1 Å². The maximum Gasteiger partial charge on any atom is 0.339 e. The van der Waals surface area contributed by atoms with E-state index in [9.17, 15) is 4.79 Å². The van der Waals surface area contributed by atoms with Crippen LogP contribution in [0.3, 0.4) is 0 Å². The fourth-order valence-electron chi connectivity index (χ4n) is 1.68. The zero-order valence-corrected chi connectivity index (χ0v) is 8.92. The maximum atomic E-state index is 11.1. The third kappa shape index (κ3) is 1.69. The lowest BCUT2D eigenvalue weighted by Crippen LogP contribution is -2.02. The Labute approximate surface area is 93.1 Å². The van der Waals surface area contributed by atoms with Gasteiger partial charge in [-0.2, -0.15) is 5.10 Å². The summed E-state index contributed by atoms with van der Waals surface area (Å²) in [7, 11) is 0. The summed E-state index contributed by atoms with van der Waals surface area (Å²) in [5.41, 5.74) is 1.78. The zero-order valence-electron chi connectivity index (χ0n) is 8.92. The average molecular weight is 216 g/mol. The van der Waals surface area contributed by atoms with E-state index < -0.39 is 5.97 Å². The van der Waals surface area contributed by atoms with E-state index in [0.29, 0.717) is 12.2 Å². The van der Waals surface area contributed by atoms with E-state index in [-0.39, 0.29) is 5.56 Å². The highest BCUT2D eigenvalue weighted by molar-refractivity contribution is 5.94. The number of carboxylic acids is 1. The molecule has 4 heteroatoms. The third-order valence-corrected chi connectivity index (χ3v) is 2.42. The van der Waals surface area contributed by atoms with Crippen LogP contribution in [0.25, 0.3) is 11.3 Å². The Morgan fingerprint density at radius 1 is 1.38 bits per heavy atom. The van der Waals surface area contributed by atoms with Gasteiger partial charge in [-0.1, -0.05) is 30.3 Å². The molecule has 1 aromatic heterocycles. The van der Waals surface area contributed by atoms with Crippen LogP contribution < -0.4 is 0 Å². The van der Waals surface area contributed by atoms with Gasteiger partial charge in [0.1, 0.15) is 5.56 Å². The van der Waals surface area contributed by atoms with E-state index in [4.69, 9.17) is 5.11 Å². The lowest BCUT2D eigenvalue weighted by Gasteiger charge is -2.05. The van der Waals surface area contributed by atoms with Crippen molar-refractivity contribution >= 4 is 5.97 Å². The smallest absolute Gasteiger partial charge is 0.339 e. The molecule has 0 fully saturated rings. The second kappa shape index (κ2) is 4.18. The molecule has 0 amide bonds. The van der Waals surface area contributed by atoms with Crippen molar-refractivity contribution in [2.75, 3.05) is 0 Å². The van der Waals surface area contributed by atoms with Crippen LogP contribution in [-0.4, -0.2) is 20.9 Å². The Balaban J connectivity index is 2.62. The highest BCUT2D eigenvalue weighted by Gasteiger charge is 2.16. The Bertz CT molecular complexity index is 503. The van der Waals surface area contributed by atoms with Gasteiger partial charge >= 0.3 is 5.97 Å². The molecule has 0 bridgehead atoms. The van der Waals surface area contributed by atoms with E-state index >= 15 is 0 Å². The molecule has 2 aromatic rings. The van der Waals surface area contributed by atoms with Gasteiger partial charge in [0.25, 0.3) is 0 Å². The molecule has 0 spiro atoms. The van der Waals surface area contributed by atoms with Crippen LogP contribution >= 0.6 is 0 Å². The van der Waals surface area contributed by atoms with E-state index in [1.165, 1.54) is 6.20 Å². The number of hydrogen-bond donors (Lipinski definition) is 1. The lowest BCUT2D eigenvalue weighted by molar-refractivity contribution is 0.0697. The summed E-state index contributed by atoms with van der Waals surface area (Å²) in [6.45, 7) is 2.59. The number of rotatable bonds is 3. The fraction of sp³-hybridized carbons (Fsp3) is 0.167. The molecule has 0 unspecified atom stereocenters. The Kier molecular flexibility index (Phi) is 2.72. The first-order chi connectivity index (χ1) is 7.74. The van der Waals surface area contributed by atoms with Crippen molar-refractivity contribution in [2.24, 2.45) is 0 Å². The number of nitrogens with zero attached hydrogens (tertiary/aromatic N) is 2. The lowest BCUT2D eigenvalue weighted by atomic mass is 10.1. The summed E-state index contributed by atoms with van der Waals surface area (Å²) < 4.78 is 1.69. The van der Waals surface area contributed by atoms with Gasteiger partial charge in [0, 0.05) is 12.1 Å². The van der Waals surface area contributed by atoms with Gasteiger partial charge in [0.2, 0.25) is 0 Å². The first kappa shape index (κ1) is 10.4. The molecule has 0 saturated carbocycles. The van der Waals surface area contributed by atoms with Crippen LogP contribution in [0.5, 0.6) is 0 Å². The first-order valence-electron chi connectivity index (χ1n) is 5.08. The number of benzene rings is 1. The minimum atomic E-state index is -0.946. The van der Waals surface area contributed by atoms with E-state index in [2.05, 4.69) is 5.10 Å². The Morgan fingerprint density at radius 3 is 2.62 bits per heavy atom. The second-order valence-corrected chi connectivity index (χ2v) is 3.39. The van der Waals surface area contributed by atoms with Gasteiger partial charge in [-0.3, -0.25) is 4.68 Å². The van der Waals surface area contributed by atoms with E-state index in [0.717, 1.165) is 5.56 Å². The van der Waals surface area contributed by atoms with Crippen LogP contribution in [-0.2, 0) is 6.54 Å². The van der Waals surface area contributed by atoms with Gasteiger partial charge in [0.05, 0.1) is 11.9 Å². The molecule has 0 radical (unpaired) electrons. The van der Waals surface area contributed by atoms with Gasteiger partial charge in [-0.05, 0) is 6.92 Å². The predicted molar refractivity (Wildman–Crippen MR) is 60.3 cm³/mol. The van der Waals surface area contributed by atoms with Crippen molar-refractivity contribution < 1.29 is 9.90 Å². The molecule has 16 heavy (non-hydrogen) atoms. The summed E-state index contributed by atoms with van der Waals surface area (Å²) in [5, 5.41) is 13.2. The number of carboxylic acid groups (broad SMARTS) is 1. The predicted octanol–water partition coefficient (Wildman–Crippen LogP) is 2.27. The molecule has 2 rings (SSSR count). The highest BCUT2D eigenvalue weighted by Crippen LogP contribution is 2.23. The molecular weight excluding hydrogens is 204 g/mol. The monoisotopic (exact) mass is 216 g/mol. The van der Waals surface area contributed by atoms with Gasteiger partial charge < -0.3 is 5.11 Å². The fourth-order valence-corrected chi connectivity index (χ4v) is 1.68. The van der Waals surface area contributed by atoms with Crippen LogP contribution in [0.2, 0.25) is 0 Å². The molecule has 82 valence electrons. The normalized spacial score (nSPS) is 10.3. The standard InChI is InChI=1S/C12H12N2O2/c1-2-14-11(9-6-4-3-5-7-9)10(8-13-14)12(15)16/h3-8H,2H2,1H3,(H,15,16). The van der Waals surface area contributed by atoms with Crippen molar-refractivity contribution in [3.63, 3.8) is 0 Å². The van der Waals surface area contributed by atoms with Gasteiger partial charge in [0.15, 0.2) is 0 Å². The van der Waals surface area contributed by atoms with Gasteiger partial charge in [-0.25, -0.2) is 4.79 Å². The minimum Gasteiger partial charge on any atom is -0.478 e. The van der Waals surface area contributed by atoms with Crippen LogP contribution in [0.1, 0.15) is 17.3 Å². The van der Waals surface area contributed by atoms with E-state index in [1.807, 2.05) is 37.3 Å². The number of aromatic carboxylic acids is 1. The molecule has 0 saturated heterocycles. The van der Waals surface area contributed by atoms with Crippen molar-refractivity contribution in [1.82, 2.24) is 9.78 Å². The highest BCUT2D eigenvalue weighted by atomic mass is 16.4. The molecule has 1 N–H and O–H groups in total. The van der Waals surface area contributed by atoms with E-state index in [1.54, 1.807) is 4.68 Å². The summed E-state index contributed by atoms with van der Waals surface area (Å²) in [6.07, 6.45) is 1.40. The first-order valence-corrected chi connectivity index (χ1v) is 5.08. The molecule has 0 atom stereocenters. The molecule has 1 aromatic carbocycles. The number of carbonyl (C=O) groups is 1. The summed E-state index contributed by atoms with van der Waals surface area (Å²) in [4.78, 5) is 11.1. The number of hydrogen-bond acceptors (Lipinski definition) is 2. The quantitative estimate of drug-likeness (QED) is 0.856. The van der Waals surface area contributed by atoms with Crippen LogP contribution in [0.4, 0.5) is 0 Å². The number of aromatic nitrogens is 2. The Hall–Kier alpha value is -2.10. The molecule has 1 heterocycles. The molecular formula is C12H12N2O2. The third-order valence-electron chi connectivity index (χ3n) is 2.42. The van der Waals surface area contributed by atoms with Crippen LogP contribution in [0, 0.1) is 0 Å². The van der Waals surface area contributed by atoms with Gasteiger partial charge in [-0.15, -0.1) is 0 Å². The Morgan fingerprint density at radius 2 is 2.06 bits per heavy atom. The van der Waals surface area contributed by atoms with Crippen LogP contribution in [0.15, 0.2) is 36.5 Å². The second-order valence-electron chi connectivity index (χ2n) is 3.39. The SMILES string of the molecule is CCn1ncc(C(=O)O)c1-c1ccccc1. The summed E-state index contributed by atoms with van der Waals surface area (Å²) in [6, 6.07) is 9.43. The molecule has 0 aliphatic heterocycles. The molecule has 4 nitrogen and oxygen atoms in total. The molecule has 0 aliphatic carbocycles.